The minimum atomic E-state index is -3.18. The molecule has 2 rings (SSSR count). The molecule has 0 aliphatic rings. The van der Waals surface area contributed by atoms with Gasteiger partial charge in [-0.25, -0.2) is 4.79 Å². The molecule has 0 amide bonds. The predicted octanol–water partition coefficient (Wildman–Crippen LogP) is 4.18. The summed E-state index contributed by atoms with van der Waals surface area (Å²) in [5.41, 5.74) is -0.159. The third-order valence-electron chi connectivity index (χ3n) is 2.90. The Kier molecular flexibility index (Phi) is 4.57. The average molecular weight is 312 g/mol. The highest BCUT2D eigenvalue weighted by Gasteiger charge is 2.33. The third kappa shape index (κ3) is 3.58. The Hall–Kier alpha value is -1.95. The number of halogens is 2. The largest absolute Gasteiger partial charge is 0.485 e. The van der Waals surface area contributed by atoms with Gasteiger partial charge in [-0.3, -0.25) is 0 Å². The predicted molar refractivity (Wildman–Crippen MR) is 76.5 cm³/mol. The molecule has 0 aliphatic carbocycles. The molecule has 3 nitrogen and oxygen atoms in total. The highest BCUT2D eigenvalue weighted by molar-refractivity contribution is 7.14. The van der Waals surface area contributed by atoms with Crippen molar-refractivity contribution in [3.05, 3.63) is 51.7 Å². The van der Waals surface area contributed by atoms with Gasteiger partial charge in [-0.05, 0) is 12.5 Å². The molecule has 2 aromatic rings. The van der Waals surface area contributed by atoms with E-state index in [0.29, 0.717) is 6.42 Å². The van der Waals surface area contributed by atoms with Crippen LogP contribution in [0, 0.1) is 0 Å². The van der Waals surface area contributed by atoms with E-state index in [4.69, 9.17) is 9.84 Å². The van der Waals surface area contributed by atoms with Crippen molar-refractivity contribution in [2.45, 2.75) is 19.3 Å². The zero-order chi connectivity index (χ0) is 15.5. The summed E-state index contributed by atoms with van der Waals surface area (Å²) in [6.45, 7) is 0.969. The Bertz CT molecular complexity index is 623. The first-order valence-electron chi connectivity index (χ1n) is 6.36. The van der Waals surface area contributed by atoms with E-state index in [1.807, 2.05) is 6.92 Å². The van der Waals surface area contributed by atoms with E-state index in [1.165, 1.54) is 30.3 Å². The van der Waals surface area contributed by atoms with E-state index < -0.39 is 18.5 Å². The van der Waals surface area contributed by atoms with Gasteiger partial charge in [-0.1, -0.05) is 37.3 Å². The maximum absolute atomic E-state index is 14.0. The van der Waals surface area contributed by atoms with Crippen molar-refractivity contribution in [2.24, 2.45) is 0 Å². The van der Waals surface area contributed by atoms with Gasteiger partial charge in [0.05, 0.1) is 0 Å². The minimum absolute atomic E-state index is 0.0000406. The van der Waals surface area contributed by atoms with Crippen LogP contribution in [-0.2, 0) is 12.3 Å². The third-order valence-corrected chi connectivity index (χ3v) is 4.15. The van der Waals surface area contributed by atoms with Crippen LogP contribution in [0.15, 0.2) is 36.4 Å². The molecule has 1 aromatic heterocycles. The molecule has 0 saturated heterocycles. The first-order valence-corrected chi connectivity index (χ1v) is 7.18. The first-order chi connectivity index (χ1) is 9.94. The van der Waals surface area contributed by atoms with E-state index in [0.717, 1.165) is 16.2 Å². The van der Waals surface area contributed by atoms with Gasteiger partial charge in [0.25, 0.3) is 0 Å². The number of thiophene rings is 1. The highest BCUT2D eigenvalue weighted by atomic mass is 32.1. The van der Waals surface area contributed by atoms with Crippen molar-refractivity contribution >= 4 is 17.3 Å². The zero-order valence-corrected chi connectivity index (χ0v) is 12.1. The highest BCUT2D eigenvalue weighted by Crippen LogP contribution is 2.33. The Labute approximate surface area is 124 Å². The number of hydrogen-bond acceptors (Lipinski definition) is 3. The molecule has 21 heavy (non-hydrogen) atoms. The monoisotopic (exact) mass is 312 g/mol. The van der Waals surface area contributed by atoms with Gasteiger partial charge in [-0.15, -0.1) is 11.3 Å². The average Bonchev–Trinajstić information content (AvgIpc) is 2.90. The summed E-state index contributed by atoms with van der Waals surface area (Å²) in [5, 5.41) is 9.06. The first kappa shape index (κ1) is 15.4. The van der Waals surface area contributed by atoms with Crippen molar-refractivity contribution < 1.29 is 23.4 Å². The van der Waals surface area contributed by atoms with Crippen LogP contribution in [0.1, 0.15) is 27.0 Å². The molecular weight excluding hydrogens is 298 g/mol. The molecule has 0 fully saturated rings. The lowest BCUT2D eigenvalue weighted by Gasteiger charge is -2.17. The summed E-state index contributed by atoms with van der Waals surface area (Å²) in [5.74, 6) is -4.34. The summed E-state index contributed by atoms with van der Waals surface area (Å²) >= 11 is 1.04. The molecule has 0 atom stereocenters. The number of alkyl halides is 2. The number of ether oxygens (including phenoxy) is 1. The number of carboxylic acid groups (broad SMARTS) is 1. The van der Waals surface area contributed by atoms with Crippen LogP contribution in [0.3, 0.4) is 0 Å². The molecule has 1 aromatic carbocycles. The summed E-state index contributed by atoms with van der Waals surface area (Å²) < 4.78 is 33.1. The van der Waals surface area contributed by atoms with Crippen LogP contribution < -0.4 is 4.74 Å². The van der Waals surface area contributed by atoms with E-state index in [9.17, 15) is 13.6 Å². The van der Waals surface area contributed by atoms with Crippen molar-refractivity contribution in [3.8, 4) is 5.75 Å². The Morgan fingerprint density at radius 2 is 2.00 bits per heavy atom. The number of rotatable bonds is 6. The second-order valence-electron chi connectivity index (χ2n) is 4.42. The number of carbonyl (C=O) groups is 1. The Morgan fingerprint density at radius 3 is 2.57 bits per heavy atom. The van der Waals surface area contributed by atoms with E-state index >= 15 is 0 Å². The topological polar surface area (TPSA) is 46.5 Å². The fourth-order valence-corrected chi connectivity index (χ4v) is 2.67. The lowest BCUT2D eigenvalue weighted by atomic mass is 10.1. The van der Waals surface area contributed by atoms with Gasteiger partial charge in [0.2, 0.25) is 0 Å². The standard InChI is InChI=1S/C15H14F2O3S/c1-2-11-8-12(13(21-11)14(18)19)20-9-15(16,17)10-6-4-3-5-7-10/h3-8H,2,9H2,1H3,(H,18,19). The van der Waals surface area contributed by atoms with Crippen molar-refractivity contribution in [1.29, 1.82) is 0 Å². The van der Waals surface area contributed by atoms with Gasteiger partial charge in [0, 0.05) is 10.4 Å². The van der Waals surface area contributed by atoms with Crippen LogP contribution in [-0.4, -0.2) is 17.7 Å². The van der Waals surface area contributed by atoms with Crippen molar-refractivity contribution in [2.75, 3.05) is 6.61 Å². The van der Waals surface area contributed by atoms with Gasteiger partial charge in [-0.2, -0.15) is 8.78 Å². The van der Waals surface area contributed by atoms with E-state index in [1.54, 1.807) is 6.07 Å². The molecule has 0 aliphatic heterocycles. The summed E-state index contributed by atoms with van der Waals surface area (Å²) in [6, 6.07) is 8.82. The van der Waals surface area contributed by atoms with Gasteiger partial charge in [0.1, 0.15) is 5.75 Å². The normalized spacial score (nSPS) is 11.4. The molecule has 1 N–H and O–H groups in total. The molecule has 112 valence electrons. The molecule has 0 spiro atoms. The van der Waals surface area contributed by atoms with Gasteiger partial charge < -0.3 is 9.84 Å². The van der Waals surface area contributed by atoms with Crippen LogP contribution in [0.25, 0.3) is 0 Å². The second-order valence-corrected chi connectivity index (χ2v) is 5.56. The SMILES string of the molecule is CCc1cc(OCC(F)(F)c2ccccc2)c(C(=O)O)s1. The number of hydrogen-bond donors (Lipinski definition) is 1. The number of aromatic carboxylic acids is 1. The minimum Gasteiger partial charge on any atom is -0.485 e. The molecule has 6 heteroatoms. The molecule has 0 radical (unpaired) electrons. The zero-order valence-electron chi connectivity index (χ0n) is 11.3. The molecule has 0 saturated carbocycles. The number of aryl methyl sites for hydroxylation is 1. The smallest absolute Gasteiger partial charge is 0.349 e. The lowest BCUT2D eigenvalue weighted by Crippen LogP contribution is -2.23. The van der Waals surface area contributed by atoms with Crippen LogP contribution in [0.4, 0.5) is 8.78 Å². The summed E-state index contributed by atoms with van der Waals surface area (Å²) in [6.07, 6.45) is 0.628. The fourth-order valence-electron chi connectivity index (χ4n) is 1.79. The molecule has 1 heterocycles. The Morgan fingerprint density at radius 1 is 1.33 bits per heavy atom. The Balaban J connectivity index is 2.16. The second kappa shape index (κ2) is 6.22. The van der Waals surface area contributed by atoms with Crippen LogP contribution >= 0.6 is 11.3 Å². The quantitative estimate of drug-likeness (QED) is 0.870. The number of carboxylic acids is 1. The van der Waals surface area contributed by atoms with Crippen molar-refractivity contribution in [3.63, 3.8) is 0 Å². The maximum Gasteiger partial charge on any atom is 0.349 e. The lowest BCUT2D eigenvalue weighted by molar-refractivity contribution is -0.0468. The van der Waals surface area contributed by atoms with Crippen LogP contribution in [0.2, 0.25) is 0 Å². The van der Waals surface area contributed by atoms with Gasteiger partial charge in [0.15, 0.2) is 11.5 Å². The summed E-state index contributed by atoms with van der Waals surface area (Å²) in [7, 11) is 0. The maximum atomic E-state index is 14.0. The van der Waals surface area contributed by atoms with Crippen molar-refractivity contribution in [1.82, 2.24) is 0 Å². The van der Waals surface area contributed by atoms with Crippen LogP contribution in [0.5, 0.6) is 5.75 Å². The molecule has 0 unspecified atom stereocenters. The van der Waals surface area contributed by atoms with E-state index in [-0.39, 0.29) is 16.2 Å². The van der Waals surface area contributed by atoms with Gasteiger partial charge >= 0.3 is 11.9 Å². The fraction of sp³-hybridized carbons (Fsp3) is 0.267. The van der Waals surface area contributed by atoms with E-state index in [2.05, 4.69) is 0 Å². The number of benzene rings is 1. The molecule has 0 bridgehead atoms. The molecular formula is C15H14F2O3S. The summed E-state index contributed by atoms with van der Waals surface area (Å²) in [4.78, 5) is 11.8.